The highest BCUT2D eigenvalue weighted by molar-refractivity contribution is 5.13. The molecule has 2 aromatic rings. The van der Waals surface area contributed by atoms with E-state index in [1.807, 2.05) is 0 Å². The van der Waals surface area contributed by atoms with E-state index in [1.54, 1.807) is 0 Å². The van der Waals surface area contributed by atoms with Crippen LogP contribution in [0.1, 0.15) is 36.6 Å². The van der Waals surface area contributed by atoms with Crippen molar-refractivity contribution in [3.05, 3.63) is 35.7 Å². The second-order valence-electron chi connectivity index (χ2n) is 4.78. The van der Waals surface area contributed by atoms with Gasteiger partial charge in [-0.1, -0.05) is 6.42 Å². The van der Waals surface area contributed by atoms with Gasteiger partial charge in [-0.3, -0.25) is 0 Å². The summed E-state index contributed by atoms with van der Waals surface area (Å²) in [7, 11) is 2.08. The van der Waals surface area contributed by atoms with E-state index in [1.165, 1.54) is 30.8 Å². The van der Waals surface area contributed by atoms with Gasteiger partial charge in [-0.05, 0) is 25.0 Å². The van der Waals surface area contributed by atoms with Crippen molar-refractivity contribution in [2.45, 2.75) is 38.6 Å². The van der Waals surface area contributed by atoms with Gasteiger partial charge in [-0.15, -0.1) is 10.2 Å². The minimum Gasteiger partial charge on any atom is -0.354 e. The highest BCUT2D eigenvalue weighted by Gasteiger charge is 2.15. The molecule has 3 rings (SSSR count). The van der Waals surface area contributed by atoms with Gasteiger partial charge in [0.1, 0.15) is 11.6 Å². The maximum atomic E-state index is 4.36. The van der Waals surface area contributed by atoms with Crippen molar-refractivity contribution in [3.8, 4) is 0 Å². The number of nitrogens with zero attached hydrogens (tertiary/aromatic N) is 4. The van der Waals surface area contributed by atoms with E-state index >= 15 is 0 Å². The minimum atomic E-state index is 0.885. The lowest BCUT2D eigenvalue weighted by Crippen LogP contribution is -2.08. The van der Waals surface area contributed by atoms with Crippen LogP contribution in [-0.2, 0) is 26.4 Å². The molecule has 0 bridgehead atoms. The van der Waals surface area contributed by atoms with Gasteiger partial charge < -0.3 is 9.13 Å². The molecule has 0 amide bonds. The lowest BCUT2D eigenvalue weighted by molar-refractivity contribution is 0.608. The van der Waals surface area contributed by atoms with Gasteiger partial charge in [0.25, 0.3) is 0 Å². The molecule has 0 aliphatic carbocycles. The highest BCUT2D eigenvalue weighted by Crippen LogP contribution is 2.16. The van der Waals surface area contributed by atoms with Gasteiger partial charge in [-0.25, -0.2) is 0 Å². The second kappa shape index (κ2) is 4.35. The van der Waals surface area contributed by atoms with Crippen LogP contribution in [0.2, 0.25) is 0 Å². The van der Waals surface area contributed by atoms with E-state index in [-0.39, 0.29) is 0 Å². The Morgan fingerprint density at radius 2 is 2.18 bits per heavy atom. The number of aryl methyl sites for hydroxylation is 2. The summed E-state index contributed by atoms with van der Waals surface area (Å²) in [4.78, 5) is 0. The molecule has 0 saturated carbocycles. The Hall–Kier alpha value is -1.58. The lowest BCUT2D eigenvalue weighted by atomic mass is 10.2. The first kappa shape index (κ1) is 10.6. The second-order valence-corrected chi connectivity index (χ2v) is 4.78. The van der Waals surface area contributed by atoms with Crippen molar-refractivity contribution in [3.63, 3.8) is 0 Å². The fourth-order valence-corrected chi connectivity index (χ4v) is 2.52. The van der Waals surface area contributed by atoms with E-state index in [4.69, 9.17) is 0 Å². The molecular weight excluding hydrogens is 212 g/mol. The number of hydrogen-bond acceptors (Lipinski definition) is 2. The summed E-state index contributed by atoms with van der Waals surface area (Å²) in [5.74, 6) is 2.29. The quantitative estimate of drug-likeness (QED) is 0.790. The summed E-state index contributed by atoms with van der Waals surface area (Å²) >= 11 is 0. The van der Waals surface area contributed by atoms with Crippen molar-refractivity contribution in [1.29, 1.82) is 0 Å². The van der Waals surface area contributed by atoms with E-state index in [9.17, 15) is 0 Å². The molecule has 0 unspecified atom stereocenters. The van der Waals surface area contributed by atoms with Gasteiger partial charge in [0.2, 0.25) is 0 Å². The normalized spacial score (nSPS) is 15.6. The third-order valence-electron chi connectivity index (χ3n) is 3.58. The van der Waals surface area contributed by atoms with Gasteiger partial charge >= 0.3 is 0 Å². The Bertz CT molecular complexity index is 509. The Morgan fingerprint density at radius 1 is 1.24 bits per heavy atom. The van der Waals surface area contributed by atoms with Crippen LogP contribution >= 0.6 is 0 Å². The predicted octanol–water partition coefficient (Wildman–Crippen LogP) is 1.93. The van der Waals surface area contributed by atoms with Crippen LogP contribution in [0.3, 0.4) is 0 Å². The maximum Gasteiger partial charge on any atom is 0.138 e. The molecule has 0 N–H and O–H groups in total. The average molecular weight is 230 g/mol. The highest BCUT2D eigenvalue weighted by atomic mass is 15.3. The first-order valence-corrected chi connectivity index (χ1v) is 6.36. The van der Waals surface area contributed by atoms with E-state index in [0.29, 0.717) is 0 Å². The molecule has 1 aliphatic rings. The van der Waals surface area contributed by atoms with E-state index in [0.717, 1.165) is 25.2 Å². The zero-order chi connectivity index (χ0) is 11.7. The number of hydrogen-bond donors (Lipinski definition) is 0. The van der Waals surface area contributed by atoms with Crippen molar-refractivity contribution in [2.75, 3.05) is 0 Å². The molecule has 2 aromatic heterocycles. The molecule has 0 aromatic carbocycles. The number of fused-ring (bicyclic) bond motifs is 1. The fraction of sp³-hybridized carbons (Fsp3) is 0.538. The molecule has 4 heteroatoms. The first-order chi connectivity index (χ1) is 8.34. The Balaban J connectivity index is 1.89. The van der Waals surface area contributed by atoms with Crippen molar-refractivity contribution < 1.29 is 0 Å². The smallest absolute Gasteiger partial charge is 0.138 e. The zero-order valence-corrected chi connectivity index (χ0v) is 10.3. The van der Waals surface area contributed by atoms with Crippen molar-refractivity contribution >= 4 is 0 Å². The van der Waals surface area contributed by atoms with Crippen LogP contribution in [0.25, 0.3) is 0 Å². The minimum absolute atomic E-state index is 0.885. The van der Waals surface area contributed by atoms with Crippen LogP contribution in [0.15, 0.2) is 18.3 Å². The molecule has 0 spiro atoms. The predicted molar refractivity (Wildman–Crippen MR) is 65.8 cm³/mol. The Labute approximate surface area is 101 Å². The number of aromatic nitrogens is 4. The summed E-state index contributed by atoms with van der Waals surface area (Å²) in [6, 6.07) is 4.23. The Morgan fingerprint density at radius 3 is 3.00 bits per heavy atom. The summed E-state index contributed by atoms with van der Waals surface area (Å²) in [5, 5.41) is 8.69. The SMILES string of the molecule is Cn1cccc1Cc1nnc2n1CCCCC2. The average Bonchev–Trinajstić information content (AvgIpc) is 2.81. The van der Waals surface area contributed by atoms with Gasteiger partial charge in [0.05, 0.1) is 0 Å². The van der Waals surface area contributed by atoms with Gasteiger partial charge in [0.15, 0.2) is 0 Å². The molecular formula is C13H18N4. The third-order valence-corrected chi connectivity index (χ3v) is 3.58. The maximum absolute atomic E-state index is 4.36. The molecule has 0 fully saturated rings. The van der Waals surface area contributed by atoms with Crippen molar-refractivity contribution in [2.24, 2.45) is 7.05 Å². The van der Waals surface area contributed by atoms with Crippen LogP contribution < -0.4 is 0 Å². The molecule has 90 valence electrons. The van der Waals surface area contributed by atoms with E-state index in [2.05, 4.69) is 44.7 Å². The summed E-state index contributed by atoms with van der Waals surface area (Å²) in [6.45, 7) is 1.09. The molecule has 17 heavy (non-hydrogen) atoms. The summed E-state index contributed by atoms with van der Waals surface area (Å²) < 4.78 is 4.47. The fourth-order valence-electron chi connectivity index (χ4n) is 2.52. The molecule has 0 atom stereocenters. The van der Waals surface area contributed by atoms with E-state index < -0.39 is 0 Å². The molecule has 0 saturated heterocycles. The Kier molecular flexibility index (Phi) is 2.71. The molecule has 0 radical (unpaired) electrons. The van der Waals surface area contributed by atoms with Crippen LogP contribution in [0.4, 0.5) is 0 Å². The van der Waals surface area contributed by atoms with Gasteiger partial charge in [-0.2, -0.15) is 0 Å². The molecule has 1 aliphatic heterocycles. The van der Waals surface area contributed by atoms with Crippen LogP contribution in [0.5, 0.6) is 0 Å². The molecule has 3 heterocycles. The number of rotatable bonds is 2. The van der Waals surface area contributed by atoms with Crippen LogP contribution in [-0.4, -0.2) is 19.3 Å². The molecule has 4 nitrogen and oxygen atoms in total. The first-order valence-electron chi connectivity index (χ1n) is 6.36. The van der Waals surface area contributed by atoms with Crippen molar-refractivity contribution in [1.82, 2.24) is 19.3 Å². The third kappa shape index (κ3) is 1.99. The zero-order valence-electron chi connectivity index (χ0n) is 10.3. The standard InChI is InChI=1S/C13H18N4/c1-16-8-5-6-11(16)10-13-15-14-12-7-3-2-4-9-17(12)13/h5-6,8H,2-4,7,9-10H2,1H3. The summed E-state index contributed by atoms with van der Waals surface area (Å²) in [6.07, 6.45) is 7.87. The largest absolute Gasteiger partial charge is 0.354 e. The monoisotopic (exact) mass is 230 g/mol. The van der Waals surface area contributed by atoms with Gasteiger partial charge in [0, 0.05) is 38.3 Å². The topological polar surface area (TPSA) is 35.6 Å². The summed E-state index contributed by atoms with van der Waals surface area (Å²) in [5.41, 5.74) is 1.30. The lowest BCUT2D eigenvalue weighted by Gasteiger charge is -2.07. The van der Waals surface area contributed by atoms with Crippen LogP contribution in [0, 0.1) is 0 Å².